The topological polar surface area (TPSA) is 58.6 Å². The maximum atomic E-state index is 12.2. The molecule has 0 heterocycles. The molecule has 1 aromatic carbocycles. The van der Waals surface area contributed by atoms with Crippen LogP contribution in [-0.4, -0.2) is 37.4 Å². The van der Waals surface area contributed by atoms with Crippen LogP contribution in [0.5, 0.6) is 0 Å². The Morgan fingerprint density at radius 1 is 1.32 bits per heavy atom. The Bertz CT molecular complexity index is 429. The summed E-state index contributed by atoms with van der Waals surface area (Å²) < 4.78 is 5.11. The van der Waals surface area contributed by atoms with E-state index in [-0.39, 0.29) is 17.9 Å². The van der Waals surface area contributed by atoms with Gasteiger partial charge in [-0.3, -0.25) is 4.79 Å². The van der Waals surface area contributed by atoms with Crippen molar-refractivity contribution in [3.63, 3.8) is 0 Å². The van der Waals surface area contributed by atoms with Crippen LogP contribution in [0.15, 0.2) is 24.3 Å². The second-order valence-corrected chi connectivity index (χ2v) is 5.12. The predicted molar refractivity (Wildman–Crippen MR) is 73.3 cm³/mol. The van der Waals surface area contributed by atoms with E-state index in [1.807, 2.05) is 24.3 Å². The van der Waals surface area contributed by atoms with E-state index in [0.717, 1.165) is 18.4 Å². The first kappa shape index (κ1) is 14.3. The van der Waals surface area contributed by atoms with Crippen molar-refractivity contribution in [1.29, 1.82) is 0 Å². The first-order valence-corrected chi connectivity index (χ1v) is 6.80. The van der Waals surface area contributed by atoms with E-state index in [2.05, 4.69) is 5.32 Å². The molecule has 1 fully saturated rings. The highest BCUT2D eigenvalue weighted by molar-refractivity contribution is 6.30. The molecule has 1 aliphatic rings. The number of amides is 1. The standard InChI is InChI=1S/C14H18ClNO3/c15-12-3-1-11(2-4-12)14(5-6-14)13(18)16-7-9-19-10-8-17/h1-4,17H,5-10H2,(H,16,18). The molecule has 0 bridgehead atoms. The lowest BCUT2D eigenvalue weighted by Crippen LogP contribution is -2.36. The molecule has 1 amide bonds. The maximum Gasteiger partial charge on any atom is 0.230 e. The molecular formula is C14H18ClNO3. The van der Waals surface area contributed by atoms with Crippen LogP contribution >= 0.6 is 11.6 Å². The molecule has 1 saturated carbocycles. The number of carbonyl (C=O) groups excluding carboxylic acids is 1. The zero-order valence-electron chi connectivity index (χ0n) is 10.7. The van der Waals surface area contributed by atoms with Crippen molar-refractivity contribution >= 4 is 17.5 Å². The molecule has 104 valence electrons. The molecule has 0 atom stereocenters. The van der Waals surface area contributed by atoms with Crippen LogP contribution in [0.3, 0.4) is 0 Å². The summed E-state index contributed by atoms with van der Waals surface area (Å²) in [7, 11) is 0. The summed E-state index contributed by atoms with van der Waals surface area (Å²) in [4.78, 5) is 12.2. The molecule has 0 radical (unpaired) electrons. The van der Waals surface area contributed by atoms with E-state index in [1.165, 1.54) is 0 Å². The molecular weight excluding hydrogens is 266 g/mol. The monoisotopic (exact) mass is 283 g/mol. The van der Waals surface area contributed by atoms with Crippen molar-refractivity contribution in [2.75, 3.05) is 26.4 Å². The number of benzene rings is 1. The van der Waals surface area contributed by atoms with Gasteiger partial charge in [0, 0.05) is 11.6 Å². The summed E-state index contributed by atoms with van der Waals surface area (Å²) in [6.07, 6.45) is 1.75. The molecule has 0 aliphatic heterocycles. The van der Waals surface area contributed by atoms with Gasteiger partial charge in [0.2, 0.25) is 5.91 Å². The fraction of sp³-hybridized carbons (Fsp3) is 0.500. The molecule has 4 nitrogen and oxygen atoms in total. The molecule has 1 aliphatic carbocycles. The van der Waals surface area contributed by atoms with Crippen molar-refractivity contribution in [2.45, 2.75) is 18.3 Å². The van der Waals surface area contributed by atoms with Crippen LogP contribution in [0.1, 0.15) is 18.4 Å². The molecule has 1 aromatic rings. The van der Waals surface area contributed by atoms with Crippen LogP contribution in [-0.2, 0) is 14.9 Å². The van der Waals surface area contributed by atoms with Gasteiger partial charge in [0.25, 0.3) is 0 Å². The Labute approximate surface area is 117 Å². The third-order valence-corrected chi connectivity index (χ3v) is 3.60. The quantitative estimate of drug-likeness (QED) is 0.746. The van der Waals surface area contributed by atoms with Crippen molar-refractivity contribution in [3.8, 4) is 0 Å². The first-order chi connectivity index (χ1) is 9.19. The van der Waals surface area contributed by atoms with Crippen LogP contribution < -0.4 is 5.32 Å². The van der Waals surface area contributed by atoms with Gasteiger partial charge in [-0.25, -0.2) is 0 Å². The molecule has 0 spiro atoms. The second-order valence-electron chi connectivity index (χ2n) is 4.68. The number of carbonyl (C=O) groups is 1. The van der Waals surface area contributed by atoms with Gasteiger partial charge >= 0.3 is 0 Å². The SMILES string of the molecule is O=C(NCCOCCO)C1(c2ccc(Cl)cc2)CC1. The third-order valence-electron chi connectivity index (χ3n) is 3.35. The molecule has 0 saturated heterocycles. The van der Waals surface area contributed by atoms with Crippen molar-refractivity contribution in [2.24, 2.45) is 0 Å². The molecule has 0 unspecified atom stereocenters. The molecule has 0 aromatic heterocycles. The highest BCUT2D eigenvalue weighted by Crippen LogP contribution is 2.48. The van der Waals surface area contributed by atoms with Gasteiger partial charge in [0.15, 0.2) is 0 Å². The van der Waals surface area contributed by atoms with E-state index >= 15 is 0 Å². The minimum Gasteiger partial charge on any atom is -0.394 e. The minimum absolute atomic E-state index is 0.00264. The van der Waals surface area contributed by atoms with Crippen LogP contribution in [0.4, 0.5) is 0 Å². The zero-order valence-corrected chi connectivity index (χ0v) is 11.4. The summed E-state index contributed by atoms with van der Waals surface area (Å²) in [6, 6.07) is 7.46. The lowest BCUT2D eigenvalue weighted by Gasteiger charge is -2.15. The Morgan fingerprint density at radius 3 is 2.58 bits per heavy atom. The maximum absolute atomic E-state index is 12.2. The summed E-state index contributed by atoms with van der Waals surface area (Å²) >= 11 is 5.86. The average molecular weight is 284 g/mol. The molecule has 2 N–H and O–H groups in total. The van der Waals surface area contributed by atoms with E-state index in [4.69, 9.17) is 21.4 Å². The molecule has 2 rings (SSSR count). The minimum atomic E-state index is -0.373. The number of aliphatic hydroxyl groups is 1. The van der Waals surface area contributed by atoms with Gasteiger partial charge in [0.1, 0.15) is 0 Å². The zero-order chi connectivity index (χ0) is 13.7. The van der Waals surface area contributed by atoms with E-state index in [1.54, 1.807) is 0 Å². The van der Waals surface area contributed by atoms with Crippen molar-refractivity contribution < 1.29 is 14.6 Å². The number of hydrogen-bond donors (Lipinski definition) is 2. The number of nitrogens with one attached hydrogen (secondary N) is 1. The summed E-state index contributed by atoms with van der Waals surface area (Å²) in [6.45, 7) is 1.19. The van der Waals surface area contributed by atoms with Gasteiger partial charge in [-0.05, 0) is 30.5 Å². The predicted octanol–water partition coefficient (Wildman–Crippen LogP) is 1.50. The van der Waals surface area contributed by atoms with Crippen LogP contribution in [0.25, 0.3) is 0 Å². The lowest BCUT2D eigenvalue weighted by molar-refractivity contribution is -0.123. The first-order valence-electron chi connectivity index (χ1n) is 6.42. The largest absolute Gasteiger partial charge is 0.394 e. The van der Waals surface area contributed by atoms with Gasteiger partial charge in [0.05, 0.1) is 25.2 Å². The molecule has 5 heteroatoms. The fourth-order valence-electron chi connectivity index (χ4n) is 2.11. The highest BCUT2D eigenvalue weighted by atomic mass is 35.5. The molecule has 19 heavy (non-hydrogen) atoms. The van der Waals surface area contributed by atoms with Crippen molar-refractivity contribution in [1.82, 2.24) is 5.32 Å². The highest BCUT2D eigenvalue weighted by Gasteiger charge is 2.50. The van der Waals surface area contributed by atoms with E-state index in [9.17, 15) is 4.79 Å². The fourth-order valence-corrected chi connectivity index (χ4v) is 2.24. The summed E-state index contributed by atoms with van der Waals surface area (Å²) in [5.74, 6) is 0.0439. The van der Waals surface area contributed by atoms with Crippen molar-refractivity contribution in [3.05, 3.63) is 34.9 Å². The second kappa shape index (κ2) is 6.37. The Hall–Kier alpha value is -1.10. The third kappa shape index (κ3) is 3.47. The van der Waals surface area contributed by atoms with E-state index < -0.39 is 0 Å². The van der Waals surface area contributed by atoms with Crippen LogP contribution in [0.2, 0.25) is 5.02 Å². The van der Waals surface area contributed by atoms with Gasteiger partial charge in [-0.2, -0.15) is 0 Å². The number of rotatable bonds is 7. The van der Waals surface area contributed by atoms with Crippen LogP contribution in [0, 0.1) is 0 Å². The number of hydrogen-bond acceptors (Lipinski definition) is 3. The number of halogens is 1. The average Bonchev–Trinajstić information content (AvgIpc) is 3.21. The van der Waals surface area contributed by atoms with Gasteiger partial charge in [-0.15, -0.1) is 0 Å². The summed E-state index contributed by atoms with van der Waals surface area (Å²) in [5, 5.41) is 12.1. The Kier molecular flexibility index (Phi) is 4.80. The Balaban J connectivity index is 1.86. The summed E-state index contributed by atoms with van der Waals surface area (Å²) in [5.41, 5.74) is 0.646. The van der Waals surface area contributed by atoms with Gasteiger partial charge < -0.3 is 15.2 Å². The normalized spacial score (nSPS) is 16.1. The smallest absolute Gasteiger partial charge is 0.230 e. The Morgan fingerprint density at radius 2 is 2.00 bits per heavy atom. The van der Waals surface area contributed by atoms with Gasteiger partial charge in [-0.1, -0.05) is 23.7 Å². The van der Waals surface area contributed by atoms with E-state index in [0.29, 0.717) is 24.8 Å². The number of ether oxygens (including phenoxy) is 1. The lowest BCUT2D eigenvalue weighted by atomic mass is 9.95. The number of aliphatic hydroxyl groups excluding tert-OH is 1.